The summed E-state index contributed by atoms with van der Waals surface area (Å²) in [5.41, 5.74) is 2.98. The van der Waals surface area contributed by atoms with E-state index in [1.54, 1.807) is 16.0 Å². The molecule has 1 saturated heterocycles. The molecule has 3 aromatic heterocycles. The second-order valence-corrected chi connectivity index (χ2v) is 8.19. The van der Waals surface area contributed by atoms with Gasteiger partial charge in [0.1, 0.15) is 11.5 Å². The summed E-state index contributed by atoms with van der Waals surface area (Å²) in [5, 5.41) is 8.75. The Morgan fingerprint density at radius 3 is 2.86 bits per heavy atom. The maximum absolute atomic E-state index is 12.9. The smallest absolute Gasteiger partial charge is 0.272 e. The zero-order valence-electron chi connectivity index (χ0n) is 16.5. The summed E-state index contributed by atoms with van der Waals surface area (Å²) in [6.07, 6.45) is 6.94. The molecule has 0 bridgehead atoms. The normalized spacial score (nSPS) is 15.3. The summed E-state index contributed by atoms with van der Waals surface area (Å²) in [6, 6.07) is 4.09. The molecule has 0 unspecified atom stereocenters. The molecule has 1 aliphatic heterocycles. The average molecular weight is 398 g/mol. The van der Waals surface area contributed by atoms with E-state index in [-0.39, 0.29) is 5.91 Å². The third-order valence-corrected chi connectivity index (χ3v) is 6.27. The van der Waals surface area contributed by atoms with Gasteiger partial charge in [0, 0.05) is 44.5 Å². The first-order valence-corrected chi connectivity index (χ1v) is 11.0. The number of amides is 1. The largest absolute Gasteiger partial charge is 0.337 e. The first kappa shape index (κ1) is 18.9. The Bertz CT molecular complexity index is 919. The van der Waals surface area contributed by atoms with Gasteiger partial charge in [-0.1, -0.05) is 0 Å². The predicted molar refractivity (Wildman–Crippen MR) is 111 cm³/mol. The van der Waals surface area contributed by atoms with Gasteiger partial charge < -0.3 is 9.47 Å². The van der Waals surface area contributed by atoms with Gasteiger partial charge in [-0.05, 0) is 61.6 Å². The highest BCUT2D eigenvalue weighted by molar-refractivity contribution is 7.07. The number of aromatic nitrogens is 4. The van der Waals surface area contributed by atoms with Gasteiger partial charge in [-0.15, -0.1) is 0 Å². The lowest BCUT2D eigenvalue weighted by Crippen LogP contribution is -2.39. The lowest BCUT2D eigenvalue weighted by atomic mass is 9.95. The van der Waals surface area contributed by atoms with Crippen molar-refractivity contribution in [2.24, 2.45) is 0 Å². The van der Waals surface area contributed by atoms with Crippen LogP contribution in [0.5, 0.6) is 0 Å². The molecule has 0 N–H and O–H groups in total. The average Bonchev–Trinajstić information content (AvgIpc) is 3.46. The van der Waals surface area contributed by atoms with Crippen molar-refractivity contribution in [1.29, 1.82) is 0 Å². The van der Waals surface area contributed by atoms with Crippen molar-refractivity contribution in [1.82, 2.24) is 24.2 Å². The highest BCUT2D eigenvalue weighted by atomic mass is 32.1. The van der Waals surface area contributed by atoms with E-state index in [1.165, 1.54) is 5.56 Å². The number of imidazole rings is 1. The van der Waals surface area contributed by atoms with E-state index in [4.69, 9.17) is 0 Å². The zero-order valence-corrected chi connectivity index (χ0v) is 17.4. The van der Waals surface area contributed by atoms with Crippen LogP contribution < -0.4 is 0 Å². The molecule has 1 aliphatic rings. The molecule has 4 rings (SSSR count). The molecule has 6 nitrogen and oxygen atoms in total. The number of nitrogens with zero attached hydrogens (tertiary/aromatic N) is 5. The van der Waals surface area contributed by atoms with Crippen LogP contribution in [0.4, 0.5) is 0 Å². The number of aryl methyl sites for hydroxylation is 4. The first-order valence-electron chi connectivity index (χ1n) is 10.0. The van der Waals surface area contributed by atoms with Crippen molar-refractivity contribution in [2.45, 2.75) is 52.1 Å². The van der Waals surface area contributed by atoms with Crippen LogP contribution >= 0.6 is 11.3 Å². The number of thiophene rings is 1. The van der Waals surface area contributed by atoms with E-state index in [0.717, 1.165) is 50.4 Å². The van der Waals surface area contributed by atoms with Crippen molar-refractivity contribution in [3.05, 3.63) is 58.1 Å². The van der Waals surface area contributed by atoms with Gasteiger partial charge >= 0.3 is 0 Å². The lowest BCUT2D eigenvalue weighted by Gasteiger charge is -2.32. The Hall–Kier alpha value is -2.41. The number of carbonyl (C=O) groups excluding carboxylic acids is 1. The maximum atomic E-state index is 12.9. The molecule has 148 valence electrons. The van der Waals surface area contributed by atoms with Crippen LogP contribution in [-0.2, 0) is 19.5 Å². The van der Waals surface area contributed by atoms with E-state index >= 15 is 0 Å². The van der Waals surface area contributed by atoms with Crippen LogP contribution in [0.25, 0.3) is 0 Å². The first-order chi connectivity index (χ1) is 13.7. The van der Waals surface area contributed by atoms with E-state index in [2.05, 4.69) is 37.7 Å². The minimum Gasteiger partial charge on any atom is -0.337 e. The molecule has 1 fully saturated rings. The number of hydrogen-bond donors (Lipinski definition) is 0. The minimum absolute atomic E-state index is 0.0988. The molecule has 0 spiro atoms. The van der Waals surface area contributed by atoms with Crippen LogP contribution in [-0.4, -0.2) is 43.2 Å². The van der Waals surface area contributed by atoms with Gasteiger partial charge in [-0.3, -0.25) is 9.48 Å². The minimum atomic E-state index is 0.0988. The SMILES string of the molecule is CCn1nc(C)cc1C(=O)N1CCC(c2nccn2CCc2ccsc2)CC1. The van der Waals surface area contributed by atoms with Crippen LogP contribution in [0.1, 0.15) is 53.3 Å². The fourth-order valence-corrected chi connectivity index (χ4v) is 4.72. The second kappa shape index (κ2) is 8.31. The molecular weight excluding hydrogens is 370 g/mol. The number of likely N-dealkylation sites (tertiary alicyclic amines) is 1. The van der Waals surface area contributed by atoms with Crippen LogP contribution in [0.15, 0.2) is 35.3 Å². The predicted octanol–water partition coefficient (Wildman–Crippen LogP) is 3.73. The molecule has 0 aliphatic carbocycles. The quantitative estimate of drug-likeness (QED) is 0.637. The van der Waals surface area contributed by atoms with Gasteiger partial charge in [0.2, 0.25) is 0 Å². The van der Waals surface area contributed by atoms with Gasteiger partial charge in [-0.2, -0.15) is 16.4 Å². The topological polar surface area (TPSA) is 56.0 Å². The second-order valence-electron chi connectivity index (χ2n) is 7.41. The molecule has 0 aromatic carbocycles. The van der Waals surface area contributed by atoms with Gasteiger partial charge in [0.25, 0.3) is 5.91 Å². The lowest BCUT2D eigenvalue weighted by molar-refractivity contribution is 0.0697. The Balaban J connectivity index is 1.38. The fraction of sp³-hybridized carbons (Fsp3) is 0.476. The standard InChI is InChI=1S/C21H27N5OS/c1-3-26-19(14-16(2)23-26)21(27)25-10-5-18(6-11-25)20-22-8-12-24(20)9-4-17-7-13-28-15-17/h7-8,12-15,18H,3-6,9-11H2,1-2H3. The molecule has 4 heterocycles. The fourth-order valence-electron chi connectivity index (χ4n) is 4.02. The molecule has 7 heteroatoms. The van der Waals surface area contributed by atoms with Crippen molar-refractivity contribution in [2.75, 3.05) is 13.1 Å². The summed E-state index contributed by atoms with van der Waals surface area (Å²) < 4.78 is 4.09. The number of rotatable bonds is 6. The number of carbonyl (C=O) groups is 1. The third-order valence-electron chi connectivity index (χ3n) is 5.54. The number of piperidine rings is 1. The Morgan fingerprint density at radius 1 is 1.32 bits per heavy atom. The van der Waals surface area contributed by atoms with E-state index in [9.17, 15) is 4.79 Å². The summed E-state index contributed by atoms with van der Waals surface area (Å²) in [4.78, 5) is 19.5. The highest BCUT2D eigenvalue weighted by Crippen LogP contribution is 2.28. The van der Waals surface area contributed by atoms with Crippen LogP contribution in [0.3, 0.4) is 0 Å². The number of hydrogen-bond acceptors (Lipinski definition) is 4. The summed E-state index contributed by atoms with van der Waals surface area (Å²) in [7, 11) is 0. The van der Waals surface area contributed by atoms with Gasteiger partial charge in [-0.25, -0.2) is 4.98 Å². The van der Waals surface area contributed by atoms with Crippen molar-refractivity contribution in [3.8, 4) is 0 Å². The Kier molecular flexibility index (Phi) is 5.62. The van der Waals surface area contributed by atoms with Gasteiger partial charge in [0.15, 0.2) is 0 Å². The summed E-state index contributed by atoms with van der Waals surface area (Å²) in [6.45, 7) is 7.17. The van der Waals surface area contributed by atoms with Crippen molar-refractivity contribution < 1.29 is 4.79 Å². The van der Waals surface area contributed by atoms with Crippen LogP contribution in [0.2, 0.25) is 0 Å². The molecule has 0 saturated carbocycles. The Labute approximate surface area is 169 Å². The van der Waals surface area contributed by atoms with E-state index in [0.29, 0.717) is 18.2 Å². The molecular formula is C21H27N5OS. The summed E-state index contributed by atoms with van der Waals surface area (Å²) in [5.74, 6) is 1.68. The van der Waals surface area contributed by atoms with Crippen molar-refractivity contribution >= 4 is 17.2 Å². The highest BCUT2D eigenvalue weighted by Gasteiger charge is 2.28. The third kappa shape index (κ3) is 3.90. The monoisotopic (exact) mass is 397 g/mol. The van der Waals surface area contributed by atoms with Crippen LogP contribution in [0, 0.1) is 6.92 Å². The molecule has 0 atom stereocenters. The Morgan fingerprint density at radius 2 is 2.14 bits per heavy atom. The zero-order chi connectivity index (χ0) is 19.5. The molecule has 1 amide bonds. The molecule has 0 radical (unpaired) electrons. The van der Waals surface area contributed by atoms with E-state index in [1.807, 2.05) is 31.0 Å². The molecule has 3 aromatic rings. The maximum Gasteiger partial charge on any atom is 0.272 e. The summed E-state index contributed by atoms with van der Waals surface area (Å²) >= 11 is 1.75. The van der Waals surface area contributed by atoms with E-state index < -0.39 is 0 Å². The van der Waals surface area contributed by atoms with Crippen molar-refractivity contribution in [3.63, 3.8) is 0 Å². The molecule has 28 heavy (non-hydrogen) atoms. The van der Waals surface area contributed by atoms with Gasteiger partial charge in [0.05, 0.1) is 5.69 Å².